The molecule has 1 aromatic carbocycles. The lowest BCUT2D eigenvalue weighted by molar-refractivity contribution is 0.423. The van der Waals surface area contributed by atoms with Crippen LogP contribution in [-0.2, 0) is 33.5 Å². The van der Waals surface area contributed by atoms with Crippen LogP contribution >= 0.6 is 0 Å². The molecule has 142 valence electrons. The van der Waals surface area contributed by atoms with Gasteiger partial charge in [0.2, 0.25) is 0 Å². The predicted molar refractivity (Wildman–Crippen MR) is 101 cm³/mol. The van der Waals surface area contributed by atoms with E-state index in [4.69, 9.17) is 4.52 Å². The zero-order valence-electron chi connectivity index (χ0n) is 15.7. The van der Waals surface area contributed by atoms with Crippen molar-refractivity contribution in [2.24, 2.45) is 14.1 Å². The maximum atomic E-state index is 12.1. The molecule has 0 amide bonds. The topological polar surface area (TPSA) is 95.0 Å². The summed E-state index contributed by atoms with van der Waals surface area (Å²) in [5.41, 5.74) is 2.04. The van der Waals surface area contributed by atoms with Crippen LogP contribution in [-0.4, -0.2) is 25.8 Å². The molecule has 1 N–H and O–H groups in total. The van der Waals surface area contributed by atoms with E-state index in [9.17, 15) is 9.59 Å². The Morgan fingerprint density at radius 2 is 1.89 bits per heavy atom. The summed E-state index contributed by atoms with van der Waals surface area (Å²) in [7, 11) is 3.13. The van der Waals surface area contributed by atoms with Gasteiger partial charge in [-0.2, -0.15) is 4.98 Å². The van der Waals surface area contributed by atoms with Crippen molar-refractivity contribution >= 4 is 0 Å². The van der Waals surface area contributed by atoms with Crippen LogP contribution in [0.1, 0.15) is 23.9 Å². The molecule has 0 saturated carbocycles. The summed E-state index contributed by atoms with van der Waals surface area (Å²) in [5.74, 6) is 1.23. The molecule has 0 atom stereocenters. The highest BCUT2D eigenvalue weighted by Gasteiger charge is 2.08. The average molecular weight is 369 g/mol. The first kappa shape index (κ1) is 18.8. The van der Waals surface area contributed by atoms with Gasteiger partial charge in [-0.05, 0) is 30.7 Å². The minimum Gasteiger partial charge on any atom is -0.334 e. The second kappa shape index (κ2) is 8.13. The lowest BCUT2D eigenvalue weighted by Gasteiger charge is -2.08. The standard InChI is InChI=1S/C19H23N5O3/c1-4-16-21-17(27-22-16)14-7-5-13(6-8-14)9-10-20-11-15-12-23(2)19(26)24(3)18(15)25/h5-8,12,20H,4,9-11H2,1-3H3. The third-order valence-corrected chi connectivity index (χ3v) is 4.41. The molecule has 8 nitrogen and oxygen atoms in total. The number of nitrogens with one attached hydrogen (secondary N) is 1. The largest absolute Gasteiger partial charge is 0.334 e. The molecule has 0 fully saturated rings. The Kier molecular flexibility index (Phi) is 5.66. The monoisotopic (exact) mass is 369 g/mol. The van der Waals surface area contributed by atoms with E-state index < -0.39 is 0 Å². The van der Waals surface area contributed by atoms with E-state index >= 15 is 0 Å². The van der Waals surface area contributed by atoms with Crippen molar-refractivity contribution < 1.29 is 4.52 Å². The predicted octanol–water partition coefficient (Wildman–Crippen LogP) is 1.03. The number of hydrogen-bond acceptors (Lipinski definition) is 6. The second-order valence-electron chi connectivity index (χ2n) is 6.40. The third kappa shape index (κ3) is 4.22. The molecular formula is C19H23N5O3. The van der Waals surface area contributed by atoms with Crippen LogP contribution in [0.2, 0.25) is 0 Å². The fourth-order valence-corrected chi connectivity index (χ4v) is 2.79. The fraction of sp³-hybridized carbons (Fsp3) is 0.368. The summed E-state index contributed by atoms with van der Waals surface area (Å²) in [4.78, 5) is 28.1. The van der Waals surface area contributed by atoms with Gasteiger partial charge in [0.25, 0.3) is 11.4 Å². The summed E-state index contributed by atoms with van der Waals surface area (Å²) in [6, 6.07) is 7.98. The molecule has 8 heteroatoms. The van der Waals surface area contributed by atoms with Crippen LogP contribution in [0.15, 0.2) is 44.6 Å². The van der Waals surface area contributed by atoms with E-state index in [1.807, 2.05) is 31.2 Å². The quantitative estimate of drug-likeness (QED) is 0.625. The number of benzene rings is 1. The van der Waals surface area contributed by atoms with Crippen LogP contribution in [0, 0.1) is 0 Å². The van der Waals surface area contributed by atoms with Crippen molar-refractivity contribution in [1.29, 1.82) is 0 Å². The fourth-order valence-electron chi connectivity index (χ4n) is 2.79. The normalized spacial score (nSPS) is 11.1. The van der Waals surface area contributed by atoms with E-state index in [0.29, 0.717) is 30.4 Å². The summed E-state index contributed by atoms with van der Waals surface area (Å²) in [5, 5.41) is 7.16. The van der Waals surface area contributed by atoms with Crippen molar-refractivity contribution in [3.8, 4) is 11.5 Å². The molecule has 3 rings (SSSR count). The Bertz CT molecular complexity index is 1030. The van der Waals surface area contributed by atoms with E-state index in [1.54, 1.807) is 13.2 Å². The molecule has 0 unspecified atom stereocenters. The Morgan fingerprint density at radius 1 is 1.15 bits per heavy atom. The Balaban J connectivity index is 1.55. The minimum absolute atomic E-state index is 0.263. The van der Waals surface area contributed by atoms with Gasteiger partial charge in [-0.25, -0.2) is 4.79 Å². The maximum Gasteiger partial charge on any atom is 0.330 e. The van der Waals surface area contributed by atoms with Crippen LogP contribution in [0.3, 0.4) is 0 Å². The summed E-state index contributed by atoms with van der Waals surface area (Å²) in [6.45, 7) is 3.11. The molecule has 2 aromatic heterocycles. The van der Waals surface area contributed by atoms with E-state index in [0.717, 1.165) is 28.5 Å². The Labute approximate surface area is 156 Å². The van der Waals surface area contributed by atoms with Gasteiger partial charge in [0, 0.05) is 44.4 Å². The van der Waals surface area contributed by atoms with Crippen molar-refractivity contribution in [3.63, 3.8) is 0 Å². The first-order valence-electron chi connectivity index (χ1n) is 8.87. The van der Waals surface area contributed by atoms with Gasteiger partial charge in [0.1, 0.15) is 0 Å². The zero-order valence-corrected chi connectivity index (χ0v) is 15.7. The number of rotatable bonds is 7. The van der Waals surface area contributed by atoms with Crippen LogP contribution in [0.25, 0.3) is 11.5 Å². The molecule has 2 heterocycles. The van der Waals surface area contributed by atoms with Gasteiger partial charge in [-0.15, -0.1) is 0 Å². The Hall–Kier alpha value is -3.00. The molecule has 0 radical (unpaired) electrons. The van der Waals surface area contributed by atoms with E-state index in [1.165, 1.54) is 11.6 Å². The highest BCUT2D eigenvalue weighted by molar-refractivity contribution is 5.53. The number of hydrogen-bond donors (Lipinski definition) is 1. The maximum absolute atomic E-state index is 12.1. The first-order chi connectivity index (χ1) is 13.0. The summed E-state index contributed by atoms with van der Waals surface area (Å²) < 4.78 is 7.78. The zero-order chi connectivity index (χ0) is 19.4. The van der Waals surface area contributed by atoms with Gasteiger partial charge in [-0.3, -0.25) is 9.36 Å². The number of aryl methyl sites for hydroxylation is 2. The first-order valence-corrected chi connectivity index (χ1v) is 8.87. The van der Waals surface area contributed by atoms with Crippen molar-refractivity contribution in [1.82, 2.24) is 24.6 Å². The Morgan fingerprint density at radius 3 is 2.56 bits per heavy atom. The average Bonchev–Trinajstić information content (AvgIpc) is 3.17. The van der Waals surface area contributed by atoms with Crippen molar-refractivity contribution in [2.45, 2.75) is 26.3 Å². The molecule has 0 aliphatic heterocycles. The molecular weight excluding hydrogens is 346 g/mol. The van der Waals surface area contributed by atoms with E-state index in [-0.39, 0.29) is 11.2 Å². The summed E-state index contributed by atoms with van der Waals surface area (Å²) in [6.07, 6.45) is 3.14. The minimum atomic E-state index is -0.323. The smallest absolute Gasteiger partial charge is 0.330 e. The third-order valence-electron chi connectivity index (χ3n) is 4.41. The molecule has 0 bridgehead atoms. The van der Waals surface area contributed by atoms with Crippen molar-refractivity contribution in [2.75, 3.05) is 6.54 Å². The van der Waals surface area contributed by atoms with E-state index in [2.05, 4.69) is 15.5 Å². The molecule has 27 heavy (non-hydrogen) atoms. The molecule has 0 spiro atoms. The van der Waals surface area contributed by atoms with Gasteiger partial charge < -0.3 is 14.4 Å². The molecule has 0 aliphatic rings. The highest BCUT2D eigenvalue weighted by Crippen LogP contribution is 2.18. The molecule has 3 aromatic rings. The van der Waals surface area contributed by atoms with Crippen molar-refractivity contribution in [3.05, 3.63) is 68.3 Å². The number of nitrogens with zero attached hydrogens (tertiary/aromatic N) is 4. The van der Waals surface area contributed by atoms with Crippen LogP contribution in [0.5, 0.6) is 0 Å². The highest BCUT2D eigenvalue weighted by atomic mass is 16.5. The number of aromatic nitrogens is 4. The van der Waals surface area contributed by atoms with Gasteiger partial charge in [0.15, 0.2) is 5.82 Å². The molecule has 0 aliphatic carbocycles. The second-order valence-corrected chi connectivity index (χ2v) is 6.40. The SMILES string of the molecule is CCc1noc(-c2ccc(CCNCc3cn(C)c(=O)n(C)c3=O)cc2)n1. The van der Waals surface area contributed by atoms with Gasteiger partial charge in [0.05, 0.1) is 0 Å². The summed E-state index contributed by atoms with van der Waals surface area (Å²) >= 11 is 0. The van der Waals surface area contributed by atoms with Crippen LogP contribution in [0.4, 0.5) is 0 Å². The van der Waals surface area contributed by atoms with Crippen LogP contribution < -0.4 is 16.6 Å². The lowest BCUT2D eigenvalue weighted by atomic mass is 10.1. The van der Waals surface area contributed by atoms with Gasteiger partial charge in [-0.1, -0.05) is 24.2 Å². The molecule has 0 saturated heterocycles. The lowest BCUT2D eigenvalue weighted by Crippen LogP contribution is -2.39. The van der Waals surface area contributed by atoms with Gasteiger partial charge >= 0.3 is 5.69 Å².